The van der Waals surface area contributed by atoms with Crippen LogP contribution in [0.5, 0.6) is 0 Å². The highest BCUT2D eigenvalue weighted by atomic mass is 16.6. The van der Waals surface area contributed by atoms with Gasteiger partial charge in [-0.25, -0.2) is 0 Å². The molecule has 2 aliphatic rings. The van der Waals surface area contributed by atoms with Gasteiger partial charge in [-0.15, -0.1) is 0 Å². The number of likely N-dealkylation sites (tertiary alicyclic amines) is 1. The summed E-state index contributed by atoms with van der Waals surface area (Å²) >= 11 is 0. The Hall–Kier alpha value is -2.24. The zero-order valence-corrected chi connectivity index (χ0v) is 18.2. The quantitative estimate of drug-likeness (QED) is 0.486. The normalized spacial score (nSPS) is 24.0. The van der Waals surface area contributed by atoms with E-state index in [2.05, 4.69) is 47.4 Å². The number of aliphatic hydroxyl groups is 1. The molecule has 3 atom stereocenters. The fourth-order valence-corrected chi connectivity index (χ4v) is 5.34. The molecule has 31 heavy (non-hydrogen) atoms. The van der Waals surface area contributed by atoms with Gasteiger partial charge in [-0.3, -0.25) is 10.1 Å². The molecule has 4 rings (SSSR count). The van der Waals surface area contributed by atoms with Crippen molar-refractivity contribution in [3.63, 3.8) is 0 Å². The van der Waals surface area contributed by atoms with E-state index in [1.54, 1.807) is 0 Å². The summed E-state index contributed by atoms with van der Waals surface area (Å²) in [5, 5.41) is 21.8. The molecule has 0 radical (unpaired) electrons. The molecule has 2 aromatic carbocycles. The fourth-order valence-electron chi connectivity index (χ4n) is 5.34. The average Bonchev–Trinajstić information content (AvgIpc) is 2.83. The minimum atomic E-state index is -0.459. The molecule has 1 N–H and O–H groups in total. The lowest BCUT2D eigenvalue weighted by molar-refractivity contribution is -0.526. The molecule has 5 heteroatoms. The predicted octanol–water partition coefficient (Wildman–Crippen LogP) is 5.29. The first-order chi connectivity index (χ1) is 15.1. The molecule has 2 aromatic rings. The summed E-state index contributed by atoms with van der Waals surface area (Å²) in [6, 6.07) is 18.5. The Morgan fingerprint density at radius 1 is 0.935 bits per heavy atom. The van der Waals surface area contributed by atoms with Gasteiger partial charge in [0.25, 0.3) is 0 Å². The van der Waals surface area contributed by atoms with Gasteiger partial charge in [-0.1, -0.05) is 54.6 Å². The van der Waals surface area contributed by atoms with Crippen molar-refractivity contribution in [1.29, 1.82) is 0 Å². The summed E-state index contributed by atoms with van der Waals surface area (Å²) in [5.74, 6) is 0.922. The number of aliphatic hydroxyl groups excluding tert-OH is 1. The molecular weight excluding hydrogens is 388 g/mol. The van der Waals surface area contributed by atoms with Gasteiger partial charge in [-0.05, 0) is 73.7 Å². The van der Waals surface area contributed by atoms with Crippen LogP contribution in [-0.4, -0.2) is 40.6 Å². The zero-order chi connectivity index (χ0) is 21.6. The topological polar surface area (TPSA) is 66.6 Å². The molecule has 1 heterocycles. The average molecular weight is 423 g/mol. The number of hydrogen-bond acceptors (Lipinski definition) is 4. The van der Waals surface area contributed by atoms with E-state index in [9.17, 15) is 15.2 Å². The number of nitrogens with zero attached hydrogens (tertiary/aromatic N) is 2. The Balaban J connectivity index is 1.24. The first-order valence-corrected chi connectivity index (χ1v) is 11.8. The van der Waals surface area contributed by atoms with Crippen molar-refractivity contribution in [2.75, 3.05) is 19.6 Å². The second-order valence-corrected chi connectivity index (χ2v) is 9.30. The van der Waals surface area contributed by atoms with Crippen molar-refractivity contribution in [1.82, 2.24) is 4.90 Å². The van der Waals surface area contributed by atoms with Gasteiger partial charge in [-0.2, -0.15) is 0 Å². The Bertz CT molecular complexity index is 831. The lowest BCUT2D eigenvalue weighted by Gasteiger charge is -2.32. The lowest BCUT2D eigenvalue weighted by Crippen LogP contribution is -2.34. The van der Waals surface area contributed by atoms with Crippen LogP contribution in [0.1, 0.15) is 79.6 Å². The van der Waals surface area contributed by atoms with Gasteiger partial charge in [0.1, 0.15) is 0 Å². The zero-order valence-electron chi connectivity index (χ0n) is 18.2. The van der Waals surface area contributed by atoms with Gasteiger partial charge in [0.2, 0.25) is 6.04 Å². The minimum Gasteiger partial charge on any atom is -0.388 e. The van der Waals surface area contributed by atoms with Crippen molar-refractivity contribution < 1.29 is 10.0 Å². The standard InChI is InChI=1S/C26H34N2O3/c29-26(15-18-27-16-13-22(14-17-27)20-5-2-1-3-6-20)23-11-9-21(10-12-23)24-7-4-8-25(19-24)28(30)31/h1-3,5-6,9-12,22,24-26,29H,4,7-8,13-19H2. The van der Waals surface area contributed by atoms with Crippen LogP contribution >= 0.6 is 0 Å². The Labute approximate surface area is 185 Å². The monoisotopic (exact) mass is 422 g/mol. The van der Waals surface area contributed by atoms with Gasteiger partial charge < -0.3 is 10.0 Å². The molecule has 166 valence electrons. The van der Waals surface area contributed by atoms with E-state index in [0.717, 1.165) is 44.5 Å². The van der Waals surface area contributed by atoms with Gasteiger partial charge >= 0.3 is 0 Å². The Morgan fingerprint density at radius 3 is 2.29 bits per heavy atom. The highest BCUT2D eigenvalue weighted by Gasteiger charge is 2.30. The van der Waals surface area contributed by atoms with Crippen LogP contribution in [0, 0.1) is 10.1 Å². The van der Waals surface area contributed by atoms with Crippen molar-refractivity contribution in [2.24, 2.45) is 0 Å². The fraction of sp³-hybridized carbons (Fsp3) is 0.538. The summed E-state index contributed by atoms with van der Waals surface area (Å²) in [6.07, 6.45) is 5.91. The Kier molecular flexibility index (Phi) is 7.36. The van der Waals surface area contributed by atoms with Crippen molar-refractivity contribution >= 4 is 0 Å². The molecule has 1 saturated heterocycles. The van der Waals surface area contributed by atoms with Crippen LogP contribution < -0.4 is 0 Å². The molecule has 1 aliphatic heterocycles. The smallest absolute Gasteiger partial charge is 0.213 e. The molecule has 0 spiro atoms. The van der Waals surface area contributed by atoms with Gasteiger partial charge in [0.05, 0.1) is 6.10 Å². The number of piperidine rings is 1. The maximum Gasteiger partial charge on any atom is 0.213 e. The summed E-state index contributed by atoms with van der Waals surface area (Å²) in [5.41, 5.74) is 3.57. The van der Waals surface area contributed by atoms with Crippen LogP contribution in [0.25, 0.3) is 0 Å². The summed E-state index contributed by atoms with van der Waals surface area (Å²) < 4.78 is 0. The lowest BCUT2D eigenvalue weighted by atomic mass is 9.81. The molecule has 5 nitrogen and oxygen atoms in total. The van der Waals surface area contributed by atoms with E-state index in [-0.39, 0.29) is 10.8 Å². The van der Waals surface area contributed by atoms with Crippen LogP contribution in [-0.2, 0) is 0 Å². The van der Waals surface area contributed by atoms with Crippen molar-refractivity contribution in [3.8, 4) is 0 Å². The number of hydrogen-bond donors (Lipinski definition) is 1. The van der Waals surface area contributed by atoms with Crippen LogP contribution in [0.15, 0.2) is 54.6 Å². The summed E-state index contributed by atoms with van der Waals surface area (Å²) in [6.45, 7) is 3.09. The first kappa shape index (κ1) is 22.0. The van der Waals surface area contributed by atoms with E-state index in [1.165, 1.54) is 24.0 Å². The third-order valence-electron chi connectivity index (χ3n) is 7.31. The molecule has 1 aliphatic carbocycles. The minimum absolute atomic E-state index is 0.118. The SMILES string of the molecule is O=[N+]([O-])C1CCCC(c2ccc(C(O)CCN3CCC(c4ccccc4)CC3)cc2)C1. The van der Waals surface area contributed by atoms with E-state index in [0.29, 0.717) is 18.8 Å². The van der Waals surface area contributed by atoms with E-state index in [1.807, 2.05) is 12.1 Å². The highest BCUT2D eigenvalue weighted by molar-refractivity contribution is 5.27. The van der Waals surface area contributed by atoms with E-state index < -0.39 is 12.1 Å². The number of rotatable bonds is 7. The maximum atomic E-state index is 11.1. The number of benzene rings is 2. The highest BCUT2D eigenvalue weighted by Crippen LogP contribution is 2.34. The second-order valence-electron chi connectivity index (χ2n) is 9.30. The molecular formula is C26H34N2O3. The Morgan fingerprint density at radius 2 is 1.61 bits per heavy atom. The molecule has 0 bridgehead atoms. The summed E-state index contributed by atoms with van der Waals surface area (Å²) in [4.78, 5) is 13.5. The largest absolute Gasteiger partial charge is 0.388 e. The van der Waals surface area contributed by atoms with Crippen LogP contribution in [0.3, 0.4) is 0 Å². The van der Waals surface area contributed by atoms with E-state index in [4.69, 9.17) is 0 Å². The molecule has 0 aromatic heterocycles. The van der Waals surface area contributed by atoms with Gasteiger partial charge in [0.15, 0.2) is 0 Å². The predicted molar refractivity (Wildman–Crippen MR) is 123 cm³/mol. The molecule has 2 fully saturated rings. The summed E-state index contributed by atoms with van der Waals surface area (Å²) in [7, 11) is 0. The van der Waals surface area contributed by atoms with Crippen molar-refractivity contribution in [3.05, 3.63) is 81.4 Å². The van der Waals surface area contributed by atoms with Crippen LogP contribution in [0.2, 0.25) is 0 Å². The first-order valence-electron chi connectivity index (χ1n) is 11.8. The van der Waals surface area contributed by atoms with Gasteiger partial charge in [0, 0.05) is 24.3 Å². The third-order valence-corrected chi connectivity index (χ3v) is 7.31. The molecule has 1 saturated carbocycles. The maximum absolute atomic E-state index is 11.1. The second kappa shape index (κ2) is 10.4. The van der Waals surface area contributed by atoms with E-state index >= 15 is 0 Å². The molecule has 3 unspecified atom stereocenters. The third kappa shape index (κ3) is 5.72. The van der Waals surface area contributed by atoms with Crippen LogP contribution in [0.4, 0.5) is 0 Å². The number of nitro groups is 1. The van der Waals surface area contributed by atoms with Crippen molar-refractivity contribution in [2.45, 2.75) is 68.9 Å². The molecule has 0 amide bonds.